The topological polar surface area (TPSA) is 419 Å². The summed E-state index contributed by atoms with van der Waals surface area (Å²) < 4.78 is 31.7. The molecule has 0 radical (unpaired) electrons. The minimum absolute atomic E-state index is 0.0222. The number of likely N-dealkylation sites (N-methyl/N-ethyl adjacent to an activating group) is 7. The lowest BCUT2D eigenvalue weighted by Gasteiger charge is -2.36. The molecule has 122 heavy (non-hydrogen) atoms. The van der Waals surface area contributed by atoms with Crippen molar-refractivity contribution in [2.75, 3.05) is 126 Å². The number of aliphatic hydroxyl groups excluding tert-OH is 1. The van der Waals surface area contributed by atoms with E-state index in [9.17, 15) is 77.3 Å². The molecule has 3 aromatic rings. The number of aromatic nitrogens is 2. The van der Waals surface area contributed by atoms with Crippen molar-refractivity contribution in [2.24, 2.45) is 35.5 Å². The summed E-state index contributed by atoms with van der Waals surface area (Å²) in [6.45, 7) is 28.2. The normalized spacial score (nSPS) is 14.7. The van der Waals surface area contributed by atoms with E-state index in [2.05, 4.69) is 53.8 Å². The lowest BCUT2D eigenvalue weighted by Crippen LogP contribution is -2.60. The number of nitrogens with one attached hydrogen (secondary N) is 7. The van der Waals surface area contributed by atoms with E-state index >= 15 is 8.78 Å². The molecule has 14 amide bonds. The maximum atomic E-state index is 16.6. The van der Waals surface area contributed by atoms with Gasteiger partial charge >= 0.3 is 0 Å². The number of rotatable bonds is 46. The number of hydrogen-bond donors (Lipinski definition) is 9. The Morgan fingerprint density at radius 3 is 1.64 bits per heavy atom. The molecule has 0 saturated carbocycles. The summed E-state index contributed by atoms with van der Waals surface area (Å²) in [4.78, 5) is 213. The van der Waals surface area contributed by atoms with E-state index in [4.69, 9.17) is 11.6 Å². The minimum Gasteiger partial charge on any atom is -0.507 e. The highest BCUT2D eigenvalue weighted by Gasteiger charge is 2.41. The monoisotopic (exact) mass is 1730 g/mol. The summed E-state index contributed by atoms with van der Waals surface area (Å²) in [5.41, 5.74) is -1.12. The number of phenolic OH excluding ortho intramolecular Hbond substituents is 1. The molecular weight excluding hydrogens is 1600 g/mol. The van der Waals surface area contributed by atoms with Crippen molar-refractivity contribution in [3.05, 3.63) is 53.6 Å². The van der Waals surface area contributed by atoms with Crippen LogP contribution in [0.15, 0.2) is 36.9 Å². The smallest absolute Gasteiger partial charge is 0.246 e. The highest BCUT2D eigenvalue weighted by molar-refractivity contribution is 6.34. The van der Waals surface area contributed by atoms with Crippen molar-refractivity contribution in [1.82, 2.24) is 81.1 Å². The van der Waals surface area contributed by atoms with Crippen LogP contribution in [0, 0.1) is 47.1 Å². The zero-order valence-corrected chi connectivity index (χ0v) is 75.9. The van der Waals surface area contributed by atoms with Gasteiger partial charge in [0.05, 0.1) is 36.2 Å². The number of carbonyl (C=O) groups excluding carboxylic acids is 14. The average Bonchev–Trinajstić information content (AvgIpc) is 0.746. The molecule has 34 nitrogen and oxygen atoms in total. The minimum atomic E-state index is -1.26. The van der Waals surface area contributed by atoms with Gasteiger partial charge in [0, 0.05) is 126 Å². The van der Waals surface area contributed by atoms with Gasteiger partial charge in [0.1, 0.15) is 71.2 Å². The SMILES string of the molecule is C=CC(=O)N1CCN(c2nc(NCCC(=O)NCCNC(=O)CCC[C@@H](C)[C@@H](O)CC(=O)N[C@@H](CC)C(=O)N(C)CC(=O)N(C)[C@@H](CC(C)C)C(=O)NC(C(=O)N(C)[C@@H](CC(C)C)C(=O)N[C@@H](C)C(=O)N[C@H](C)C(=O)N(C)[C@@H](CC(C)C)C(=O)N(C)CC(=O)N(C)C(C(=O)N(C)C)C(C)C)C(C)C)nc3c(F)c(-c4c(O)cccc4F)c(Cl)cc23)CC1. The fraction of sp³-hybridized carbons (Fsp3) is 0.647. The number of amides is 14. The number of aromatic hydroxyl groups is 1. The van der Waals surface area contributed by atoms with E-state index in [0.717, 1.165) is 11.0 Å². The highest BCUT2D eigenvalue weighted by Crippen LogP contribution is 2.43. The second-order valence-corrected chi connectivity index (χ2v) is 34.3. The molecule has 1 saturated heterocycles. The van der Waals surface area contributed by atoms with E-state index in [1.54, 1.807) is 46.7 Å². The average molecular weight is 1740 g/mol. The van der Waals surface area contributed by atoms with Crippen molar-refractivity contribution < 1.29 is 86.1 Å². The summed E-state index contributed by atoms with van der Waals surface area (Å²) in [6.07, 6.45) is 0.829. The van der Waals surface area contributed by atoms with Gasteiger partial charge in [0.2, 0.25) is 88.6 Å². The van der Waals surface area contributed by atoms with Gasteiger partial charge in [-0.15, -0.1) is 0 Å². The van der Waals surface area contributed by atoms with Crippen LogP contribution in [-0.2, 0) is 67.1 Å². The lowest BCUT2D eigenvalue weighted by atomic mass is 9.95. The molecule has 0 aliphatic carbocycles. The third-order valence-electron chi connectivity index (χ3n) is 21.5. The zero-order valence-electron chi connectivity index (χ0n) is 75.1. The van der Waals surface area contributed by atoms with E-state index < -0.39 is 166 Å². The number of aliphatic hydroxyl groups is 1. The maximum Gasteiger partial charge on any atom is 0.246 e. The Morgan fingerprint density at radius 2 is 1.11 bits per heavy atom. The molecule has 1 aromatic heterocycles. The summed E-state index contributed by atoms with van der Waals surface area (Å²) in [5.74, 6) is -11.7. The van der Waals surface area contributed by atoms with Crippen molar-refractivity contribution >= 4 is 117 Å². The van der Waals surface area contributed by atoms with Crippen LogP contribution in [0.3, 0.4) is 0 Å². The third-order valence-corrected chi connectivity index (χ3v) is 21.8. The van der Waals surface area contributed by atoms with Gasteiger partial charge in [-0.25, -0.2) is 13.8 Å². The highest BCUT2D eigenvalue weighted by atomic mass is 35.5. The fourth-order valence-corrected chi connectivity index (χ4v) is 14.5. The number of halogens is 3. The van der Waals surface area contributed by atoms with Gasteiger partial charge in [-0.3, -0.25) is 67.1 Å². The molecule has 0 spiro atoms. The van der Waals surface area contributed by atoms with E-state index in [0.29, 0.717) is 39.0 Å². The number of anilines is 2. The molecule has 0 bridgehead atoms. The number of piperazine rings is 1. The molecule has 680 valence electrons. The van der Waals surface area contributed by atoms with Gasteiger partial charge < -0.3 is 91.5 Å². The third kappa shape index (κ3) is 29.7. The van der Waals surface area contributed by atoms with E-state index in [1.165, 1.54) is 110 Å². The number of benzene rings is 2. The van der Waals surface area contributed by atoms with E-state index in [-0.39, 0.29) is 140 Å². The summed E-state index contributed by atoms with van der Waals surface area (Å²) >= 11 is 6.59. The molecule has 9 N–H and O–H groups in total. The standard InChI is InChI=1S/C85H133ClF2N18O16/c1-24-58(94-66(111)44-63(108)52(13)28-26-31-64(109)89-34-35-90-65(110)32-33-91-85-96-74-55(76(97-85)106-38-36-105(37-39-106)67(112)25-2)43-56(86)70(72(74)88)71-57(87)29-27-30-62(71)107)81(119)99(18)45-68(113)101(20)59(40-47(3)4)79(117)95-73(50(9)10)83(121)102(21)60(41-48(5)6)78(116)92-53(14)77(115)93-54(15)80(118)103(22)61(42-49(7)8)82(120)100(19)46-69(114)104(23)75(51(11)12)84(122)98(16)17/h25,27,29-30,43,47-54,58-61,63,73,75,107-108H,2,24,26,28,31-42,44-46H2,1,3-23H3,(H,89,109)(H,90,110)(H,92,116)(H,93,115)(H,94,111)(H,95,117)(H,91,96,97)/t52-,53+,54-,58+,59+,60+,61+,63+,73?,75?/m1/s1. The van der Waals surface area contributed by atoms with Crippen molar-refractivity contribution in [3.8, 4) is 16.9 Å². The number of phenols is 1. The first-order chi connectivity index (χ1) is 57.0. The molecule has 4 rings (SSSR count). The van der Waals surface area contributed by atoms with Crippen LogP contribution in [0.25, 0.3) is 22.0 Å². The molecule has 1 aliphatic rings. The second-order valence-electron chi connectivity index (χ2n) is 33.9. The molecule has 2 aromatic carbocycles. The number of nitrogens with zero attached hydrogens (tertiary/aromatic N) is 11. The quantitative estimate of drug-likeness (QED) is 0.0277. The molecule has 10 atom stereocenters. The molecule has 2 heterocycles. The second kappa shape index (κ2) is 48.5. The van der Waals surface area contributed by atoms with Gasteiger partial charge in [0.25, 0.3) is 0 Å². The van der Waals surface area contributed by atoms with Crippen LogP contribution in [0.4, 0.5) is 20.5 Å². The first-order valence-corrected chi connectivity index (χ1v) is 42.1. The van der Waals surface area contributed by atoms with Crippen LogP contribution in [0.1, 0.15) is 155 Å². The Kier molecular flexibility index (Phi) is 41.3. The number of hydrogen-bond acceptors (Lipinski definition) is 20. The number of fused-ring (bicyclic) bond motifs is 1. The maximum absolute atomic E-state index is 16.6. The van der Waals surface area contributed by atoms with Gasteiger partial charge in [-0.2, -0.15) is 4.98 Å². The van der Waals surface area contributed by atoms with Crippen molar-refractivity contribution in [1.29, 1.82) is 0 Å². The zero-order chi connectivity index (χ0) is 92.3. The Balaban J connectivity index is 1.28. The van der Waals surface area contributed by atoms with Crippen LogP contribution < -0.4 is 42.1 Å². The van der Waals surface area contributed by atoms with Crippen molar-refractivity contribution in [2.45, 2.75) is 209 Å². The van der Waals surface area contributed by atoms with Gasteiger partial charge in [-0.1, -0.05) is 107 Å². The van der Waals surface area contributed by atoms with Crippen LogP contribution in [-0.4, -0.2) is 312 Å². The number of carbonyl (C=O) groups is 14. The summed E-state index contributed by atoms with van der Waals surface area (Å²) in [5, 5.41) is 40.8. The Bertz CT molecular complexity index is 4160. The fourth-order valence-electron chi connectivity index (χ4n) is 14.2. The van der Waals surface area contributed by atoms with Crippen LogP contribution in [0.5, 0.6) is 5.75 Å². The summed E-state index contributed by atoms with van der Waals surface area (Å²) in [6, 6.07) is -4.11. The molecular formula is C85H133ClF2N18O16. The molecule has 1 fully saturated rings. The molecule has 1 aliphatic heterocycles. The summed E-state index contributed by atoms with van der Waals surface area (Å²) in [7, 11) is 11.7. The van der Waals surface area contributed by atoms with Gasteiger partial charge in [0.15, 0.2) is 5.82 Å². The largest absolute Gasteiger partial charge is 0.507 e. The Labute approximate surface area is 721 Å². The van der Waals surface area contributed by atoms with Crippen LogP contribution in [0.2, 0.25) is 5.02 Å². The predicted molar refractivity (Wildman–Crippen MR) is 461 cm³/mol. The van der Waals surface area contributed by atoms with E-state index in [1.807, 2.05) is 60.3 Å². The Hall–Kier alpha value is -10.4. The predicted octanol–water partition coefficient (Wildman–Crippen LogP) is 4.51. The van der Waals surface area contributed by atoms with Crippen molar-refractivity contribution in [3.63, 3.8) is 0 Å². The Morgan fingerprint density at radius 1 is 0.582 bits per heavy atom. The molecule has 37 heteroatoms. The first kappa shape index (κ1) is 104. The van der Waals surface area contributed by atoms with Crippen LogP contribution >= 0.6 is 11.6 Å². The van der Waals surface area contributed by atoms with Gasteiger partial charge in [-0.05, 0) is 112 Å². The lowest BCUT2D eigenvalue weighted by molar-refractivity contribution is -0.150. The molecule has 2 unspecified atom stereocenters. The first-order valence-electron chi connectivity index (χ1n) is 41.8.